The van der Waals surface area contributed by atoms with E-state index in [0.29, 0.717) is 22.4 Å². The van der Waals surface area contributed by atoms with Gasteiger partial charge >= 0.3 is 5.97 Å². The molecule has 8 heteroatoms. The Labute approximate surface area is 200 Å². The second-order valence-electron chi connectivity index (χ2n) is 7.54. The molecule has 1 heterocycles. The lowest BCUT2D eigenvalue weighted by Gasteiger charge is -2.17. The fourth-order valence-electron chi connectivity index (χ4n) is 3.64. The highest BCUT2D eigenvalue weighted by Crippen LogP contribution is 2.32. The number of nitrogens with one attached hydrogen (secondary N) is 1. The number of esters is 1. The molecule has 4 rings (SSSR count). The average Bonchev–Trinajstić information content (AvgIpc) is 2.87. The standard InChI is InChI=1S/C27H22FN3O4/c1-2-35-27(34)24-23(18-11-5-3-6-12-18)25(19-13-7-4-8-14-19)30-31(26(24)33)17-22(32)29-21-16-10-9-15-20(21)28/h3-16H,2,17H2,1H3,(H,29,32). The number of ether oxygens (including phenoxy) is 1. The number of nitrogens with zero attached hydrogens (tertiary/aromatic N) is 2. The highest BCUT2D eigenvalue weighted by molar-refractivity contribution is 6.01. The molecule has 35 heavy (non-hydrogen) atoms. The Morgan fingerprint density at radius 2 is 1.51 bits per heavy atom. The molecule has 1 aromatic heterocycles. The van der Waals surface area contributed by atoms with Crippen molar-refractivity contribution in [3.8, 4) is 22.4 Å². The molecule has 0 unspecified atom stereocenters. The quantitative estimate of drug-likeness (QED) is 0.400. The van der Waals surface area contributed by atoms with Crippen LogP contribution in [0.15, 0.2) is 89.7 Å². The Hall–Kier alpha value is -4.59. The van der Waals surface area contributed by atoms with Gasteiger partial charge in [-0.25, -0.2) is 13.9 Å². The van der Waals surface area contributed by atoms with E-state index in [4.69, 9.17) is 4.74 Å². The SMILES string of the molecule is CCOC(=O)c1c(-c2ccccc2)c(-c2ccccc2)nn(CC(=O)Nc2ccccc2F)c1=O. The summed E-state index contributed by atoms with van der Waals surface area (Å²) in [5.41, 5.74) is 0.836. The number of para-hydroxylation sites is 1. The minimum Gasteiger partial charge on any atom is -0.462 e. The third-order valence-corrected chi connectivity index (χ3v) is 5.19. The summed E-state index contributed by atoms with van der Waals surface area (Å²) in [6.45, 7) is 1.16. The van der Waals surface area contributed by atoms with Gasteiger partial charge in [0.25, 0.3) is 5.56 Å². The Kier molecular flexibility index (Phi) is 7.11. The van der Waals surface area contributed by atoms with Crippen LogP contribution in [-0.2, 0) is 16.1 Å². The largest absolute Gasteiger partial charge is 0.462 e. The zero-order valence-corrected chi connectivity index (χ0v) is 18.9. The summed E-state index contributed by atoms with van der Waals surface area (Å²) >= 11 is 0. The number of hydrogen-bond acceptors (Lipinski definition) is 5. The molecule has 0 bridgehead atoms. The topological polar surface area (TPSA) is 90.3 Å². The predicted octanol–water partition coefficient (Wildman–Crippen LogP) is 4.53. The molecule has 1 amide bonds. The molecule has 0 fully saturated rings. The van der Waals surface area contributed by atoms with E-state index in [9.17, 15) is 18.8 Å². The van der Waals surface area contributed by atoms with Gasteiger partial charge in [-0.15, -0.1) is 0 Å². The molecule has 0 spiro atoms. The van der Waals surface area contributed by atoms with Crippen molar-refractivity contribution in [1.82, 2.24) is 9.78 Å². The van der Waals surface area contributed by atoms with Crippen molar-refractivity contribution in [2.24, 2.45) is 0 Å². The first-order valence-electron chi connectivity index (χ1n) is 11.0. The van der Waals surface area contributed by atoms with Crippen LogP contribution in [0.1, 0.15) is 17.3 Å². The van der Waals surface area contributed by atoms with Gasteiger partial charge in [0.05, 0.1) is 18.0 Å². The maximum atomic E-state index is 14.0. The smallest absolute Gasteiger partial charge is 0.344 e. The van der Waals surface area contributed by atoms with Crippen molar-refractivity contribution in [2.75, 3.05) is 11.9 Å². The molecular weight excluding hydrogens is 449 g/mol. The number of carbonyl (C=O) groups is 2. The molecule has 176 valence electrons. The molecule has 1 N–H and O–H groups in total. The summed E-state index contributed by atoms with van der Waals surface area (Å²) in [5.74, 6) is -2.11. The second kappa shape index (κ2) is 10.6. The summed E-state index contributed by atoms with van der Waals surface area (Å²) in [7, 11) is 0. The molecule has 0 saturated carbocycles. The third-order valence-electron chi connectivity index (χ3n) is 5.19. The average molecular weight is 471 g/mol. The minimum absolute atomic E-state index is 0.0275. The van der Waals surface area contributed by atoms with Crippen molar-refractivity contribution in [3.63, 3.8) is 0 Å². The maximum absolute atomic E-state index is 14.0. The van der Waals surface area contributed by atoms with Crippen molar-refractivity contribution in [2.45, 2.75) is 13.5 Å². The van der Waals surface area contributed by atoms with Gasteiger partial charge in [-0.3, -0.25) is 9.59 Å². The first-order valence-corrected chi connectivity index (χ1v) is 11.0. The Morgan fingerprint density at radius 3 is 2.14 bits per heavy atom. The number of aromatic nitrogens is 2. The summed E-state index contributed by atoms with van der Waals surface area (Å²) in [4.78, 5) is 39.2. The first-order chi connectivity index (χ1) is 17.0. The molecule has 0 aliphatic rings. The lowest BCUT2D eigenvalue weighted by Crippen LogP contribution is -2.35. The van der Waals surface area contributed by atoms with Gasteiger partial charge in [0.15, 0.2) is 0 Å². The van der Waals surface area contributed by atoms with E-state index in [2.05, 4.69) is 10.4 Å². The molecule has 0 aliphatic heterocycles. The van der Waals surface area contributed by atoms with Gasteiger partial charge in [0.1, 0.15) is 17.9 Å². The first kappa shape index (κ1) is 23.6. The summed E-state index contributed by atoms with van der Waals surface area (Å²) in [5, 5.41) is 6.90. The third kappa shape index (κ3) is 5.16. The van der Waals surface area contributed by atoms with Crippen LogP contribution < -0.4 is 10.9 Å². The van der Waals surface area contributed by atoms with E-state index in [1.165, 1.54) is 18.2 Å². The van der Waals surface area contributed by atoms with Crippen molar-refractivity contribution in [1.29, 1.82) is 0 Å². The van der Waals surface area contributed by atoms with Crippen LogP contribution >= 0.6 is 0 Å². The molecule has 0 radical (unpaired) electrons. The van der Waals surface area contributed by atoms with Crippen LogP contribution in [0.2, 0.25) is 0 Å². The van der Waals surface area contributed by atoms with Gasteiger partial charge in [-0.05, 0) is 24.6 Å². The highest BCUT2D eigenvalue weighted by atomic mass is 19.1. The zero-order chi connectivity index (χ0) is 24.8. The summed E-state index contributed by atoms with van der Waals surface area (Å²) in [6, 6.07) is 23.6. The number of carbonyl (C=O) groups excluding carboxylic acids is 2. The van der Waals surface area contributed by atoms with Crippen LogP contribution in [0.25, 0.3) is 22.4 Å². The molecule has 7 nitrogen and oxygen atoms in total. The number of benzene rings is 3. The maximum Gasteiger partial charge on any atom is 0.344 e. The molecule has 0 atom stereocenters. The van der Waals surface area contributed by atoms with Crippen molar-refractivity contribution < 1.29 is 18.7 Å². The van der Waals surface area contributed by atoms with E-state index >= 15 is 0 Å². The summed E-state index contributed by atoms with van der Waals surface area (Å²) < 4.78 is 20.1. The van der Waals surface area contributed by atoms with Crippen LogP contribution in [0.4, 0.5) is 10.1 Å². The lowest BCUT2D eigenvalue weighted by molar-refractivity contribution is -0.117. The van der Waals surface area contributed by atoms with Gasteiger partial charge in [-0.2, -0.15) is 5.10 Å². The Bertz CT molecular complexity index is 1420. The number of amides is 1. The van der Waals surface area contributed by atoms with Crippen molar-refractivity contribution >= 4 is 17.6 Å². The Morgan fingerprint density at radius 1 is 0.914 bits per heavy atom. The van der Waals surface area contributed by atoms with E-state index in [1.54, 1.807) is 61.5 Å². The number of rotatable bonds is 7. The van der Waals surface area contributed by atoms with Gasteiger partial charge < -0.3 is 10.1 Å². The van der Waals surface area contributed by atoms with E-state index in [1.807, 2.05) is 12.1 Å². The molecule has 0 aliphatic carbocycles. The van der Waals surface area contributed by atoms with Gasteiger partial charge in [0, 0.05) is 11.1 Å². The predicted molar refractivity (Wildman–Crippen MR) is 130 cm³/mol. The van der Waals surface area contributed by atoms with E-state index < -0.39 is 29.8 Å². The second-order valence-corrected chi connectivity index (χ2v) is 7.54. The molecular formula is C27H22FN3O4. The normalized spacial score (nSPS) is 10.6. The lowest BCUT2D eigenvalue weighted by atomic mass is 9.95. The van der Waals surface area contributed by atoms with Crippen LogP contribution in [0.3, 0.4) is 0 Å². The minimum atomic E-state index is -0.820. The number of halogens is 1. The van der Waals surface area contributed by atoms with Crippen LogP contribution in [0, 0.1) is 5.82 Å². The molecule has 3 aromatic carbocycles. The number of hydrogen-bond donors (Lipinski definition) is 1. The zero-order valence-electron chi connectivity index (χ0n) is 18.9. The molecule has 0 saturated heterocycles. The van der Waals surface area contributed by atoms with E-state index in [0.717, 1.165) is 4.68 Å². The van der Waals surface area contributed by atoms with Gasteiger partial charge in [0.2, 0.25) is 5.91 Å². The van der Waals surface area contributed by atoms with Crippen LogP contribution in [0.5, 0.6) is 0 Å². The fourth-order valence-corrected chi connectivity index (χ4v) is 3.64. The van der Waals surface area contributed by atoms with Crippen molar-refractivity contribution in [3.05, 3.63) is 107 Å². The fraction of sp³-hybridized carbons (Fsp3) is 0.111. The van der Waals surface area contributed by atoms with E-state index in [-0.39, 0.29) is 17.9 Å². The monoisotopic (exact) mass is 471 g/mol. The summed E-state index contributed by atoms with van der Waals surface area (Å²) in [6.07, 6.45) is 0. The highest BCUT2D eigenvalue weighted by Gasteiger charge is 2.26. The Balaban J connectivity index is 1.89. The number of anilines is 1. The van der Waals surface area contributed by atoms with Gasteiger partial charge in [-0.1, -0.05) is 72.8 Å². The van der Waals surface area contributed by atoms with Crippen LogP contribution in [-0.4, -0.2) is 28.3 Å². The molecule has 4 aromatic rings.